The van der Waals surface area contributed by atoms with Gasteiger partial charge < -0.3 is 19.1 Å². The van der Waals surface area contributed by atoms with Crippen molar-refractivity contribution in [2.24, 2.45) is 5.10 Å². The first kappa shape index (κ1) is 20.3. The van der Waals surface area contributed by atoms with Gasteiger partial charge in [-0.1, -0.05) is 0 Å². The molecule has 0 unspecified atom stereocenters. The van der Waals surface area contributed by atoms with Crippen LogP contribution in [0.1, 0.15) is 15.9 Å². The van der Waals surface area contributed by atoms with Crippen LogP contribution in [-0.2, 0) is 9.53 Å². The minimum absolute atomic E-state index is 0.0784. The third-order valence-corrected chi connectivity index (χ3v) is 4.21. The fraction of sp³-hybridized carbons (Fsp3) is 0.300. The van der Waals surface area contributed by atoms with Gasteiger partial charge in [0.15, 0.2) is 18.1 Å². The van der Waals surface area contributed by atoms with E-state index < -0.39 is 0 Å². The minimum atomic E-state index is -0.358. The van der Waals surface area contributed by atoms with Gasteiger partial charge in [-0.15, -0.1) is 0 Å². The first-order valence-corrected chi connectivity index (χ1v) is 9.07. The number of nitrogens with zero attached hydrogens (tertiary/aromatic N) is 3. The summed E-state index contributed by atoms with van der Waals surface area (Å²) in [5.41, 5.74) is 3.54. The number of aromatic nitrogens is 1. The van der Waals surface area contributed by atoms with Crippen LogP contribution in [0.15, 0.2) is 47.8 Å². The molecular formula is C20H22N4O5. The molecule has 1 aliphatic rings. The van der Waals surface area contributed by atoms with Crippen molar-refractivity contribution in [1.82, 2.24) is 15.3 Å². The largest absolute Gasteiger partial charge is 0.493 e. The van der Waals surface area contributed by atoms with Gasteiger partial charge in [-0.2, -0.15) is 5.10 Å². The maximum Gasteiger partial charge on any atom is 0.272 e. The Balaban J connectivity index is 1.56. The molecule has 1 fully saturated rings. The van der Waals surface area contributed by atoms with E-state index in [0.29, 0.717) is 48.9 Å². The number of amides is 2. The van der Waals surface area contributed by atoms with Crippen LogP contribution in [0.5, 0.6) is 11.5 Å². The summed E-state index contributed by atoms with van der Waals surface area (Å²) in [7, 11) is 1.51. The average molecular weight is 398 g/mol. The van der Waals surface area contributed by atoms with E-state index in [2.05, 4.69) is 15.5 Å². The van der Waals surface area contributed by atoms with Crippen LogP contribution in [0, 0.1) is 0 Å². The van der Waals surface area contributed by atoms with Crippen LogP contribution in [-0.4, -0.2) is 67.9 Å². The number of pyridine rings is 1. The van der Waals surface area contributed by atoms with E-state index in [9.17, 15) is 9.59 Å². The molecule has 2 amide bonds. The van der Waals surface area contributed by atoms with Gasteiger partial charge in [0.1, 0.15) is 0 Å². The Morgan fingerprint density at radius 3 is 2.83 bits per heavy atom. The van der Waals surface area contributed by atoms with E-state index in [4.69, 9.17) is 14.2 Å². The Hall–Kier alpha value is -3.46. The number of methoxy groups -OCH3 is 1. The van der Waals surface area contributed by atoms with Crippen LogP contribution < -0.4 is 14.9 Å². The van der Waals surface area contributed by atoms with Crippen LogP contribution in [0.2, 0.25) is 0 Å². The number of ether oxygens (including phenoxy) is 3. The minimum Gasteiger partial charge on any atom is -0.493 e. The molecule has 1 aromatic heterocycles. The number of hydrazone groups is 1. The topological polar surface area (TPSA) is 102 Å². The maximum absolute atomic E-state index is 12.2. The van der Waals surface area contributed by atoms with Crippen LogP contribution in [0.3, 0.4) is 0 Å². The fourth-order valence-corrected chi connectivity index (χ4v) is 2.65. The molecule has 152 valence electrons. The van der Waals surface area contributed by atoms with Gasteiger partial charge in [0.05, 0.1) is 32.1 Å². The van der Waals surface area contributed by atoms with E-state index in [1.54, 1.807) is 41.4 Å². The summed E-state index contributed by atoms with van der Waals surface area (Å²) in [5.74, 6) is 0.454. The molecule has 3 rings (SSSR count). The summed E-state index contributed by atoms with van der Waals surface area (Å²) in [6.07, 6.45) is 4.53. The second-order valence-corrected chi connectivity index (χ2v) is 6.13. The monoisotopic (exact) mass is 398 g/mol. The van der Waals surface area contributed by atoms with Gasteiger partial charge in [-0.05, 0) is 35.9 Å². The third kappa shape index (κ3) is 5.76. The average Bonchev–Trinajstić information content (AvgIpc) is 2.78. The Morgan fingerprint density at radius 2 is 2.10 bits per heavy atom. The predicted octanol–water partition coefficient (Wildman–Crippen LogP) is 1.09. The zero-order valence-corrected chi connectivity index (χ0v) is 16.0. The van der Waals surface area contributed by atoms with E-state index >= 15 is 0 Å². The number of carbonyl (C=O) groups is 2. The molecule has 0 aliphatic carbocycles. The quantitative estimate of drug-likeness (QED) is 0.553. The molecule has 2 aromatic rings. The molecule has 29 heavy (non-hydrogen) atoms. The second-order valence-electron chi connectivity index (χ2n) is 6.13. The van der Waals surface area contributed by atoms with Gasteiger partial charge in [0, 0.05) is 25.5 Å². The highest BCUT2D eigenvalue weighted by Gasteiger charge is 2.18. The van der Waals surface area contributed by atoms with Gasteiger partial charge in [0.25, 0.3) is 11.8 Å². The molecule has 0 radical (unpaired) electrons. The zero-order chi connectivity index (χ0) is 20.5. The fourth-order valence-electron chi connectivity index (χ4n) is 2.65. The number of rotatable bonds is 7. The normalized spacial score (nSPS) is 13.9. The number of carbonyl (C=O) groups excluding carboxylic acids is 2. The number of benzene rings is 1. The highest BCUT2D eigenvalue weighted by Crippen LogP contribution is 2.27. The lowest BCUT2D eigenvalue weighted by Gasteiger charge is -2.26. The first-order valence-electron chi connectivity index (χ1n) is 9.07. The van der Waals surface area contributed by atoms with E-state index in [1.165, 1.54) is 19.5 Å². The lowest BCUT2D eigenvalue weighted by Crippen LogP contribution is -2.43. The van der Waals surface area contributed by atoms with Crippen LogP contribution >= 0.6 is 0 Å². The van der Waals surface area contributed by atoms with Gasteiger partial charge in [0.2, 0.25) is 0 Å². The molecule has 0 spiro atoms. The molecule has 9 nitrogen and oxygen atoms in total. The Bertz CT molecular complexity index is 866. The summed E-state index contributed by atoms with van der Waals surface area (Å²) in [5, 5.41) is 3.94. The molecule has 1 N–H and O–H groups in total. The van der Waals surface area contributed by atoms with Crippen molar-refractivity contribution in [2.75, 3.05) is 40.0 Å². The van der Waals surface area contributed by atoms with E-state index in [1.807, 2.05) is 0 Å². The molecule has 0 saturated carbocycles. The van der Waals surface area contributed by atoms with Crippen molar-refractivity contribution in [1.29, 1.82) is 0 Å². The van der Waals surface area contributed by atoms with Crippen molar-refractivity contribution in [3.8, 4) is 11.5 Å². The lowest BCUT2D eigenvalue weighted by molar-refractivity contribution is -0.137. The number of nitrogens with one attached hydrogen (secondary N) is 1. The highest BCUT2D eigenvalue weighted by atomic mass is 16.5. The summed E-state index contributed by atoms with van der Waals surface area (Å²) in [6, 6.07) is 8.46. The van der Waals surface area contributed by atoms with Crippen LogP contribution in [0.25, 0.3) is 0 Å². The molecule has 1 saturated heterocycles. The Morgan fingerprint density at radius 1 is 1.28 bits per heavy atom. The van der Waals surface area contributed by atoms with Crippen molar-refractivity contribution >= 4 is 18.0 Å². The molecule has 0 atom stereocenters. The molecule has 0 bridgehead atoms. The smallest absolute Gasteiger partial charge is 0.272 e. The highest BCUT2D eigenvalue weighted by molar-refractivity contribution is 5.94. The van der Waals surface area contributed by atoms with Gasteiger partial charge >= 0.3 is 0 Å². The maximum atomic E-state index is 12.2. The standard InChI is InChI=1S/C20H22N4O5/c1-27-18-11-15(12-22-23-20(26)16-3-2-6-21-13-16)4-5-17(18)29-14-19(25)24-7-9-28-10-8-24/h2-6,11-13H,7-10,14H2,1H3,(H,23,26)/b22-12-. The van der Waals surface area contributed by atoms with Crippen molar-refractivity contribution in [2.45, 2.75) is 0 Å². The van der Waals surface area contributed by atoms with Crippen LogP contribution in [0.4, 0.5) is 0 Å². The molecule has 9 heteroatoms. The second kappa shape index (κ2) is 10.2. The predicted molar refractivity (Wildman–Crippen MR) is 105 cm³/mol. The molecule has 1 aliphatic heterocycles. The van der Waals surface area contributed by atoms with E-state index in [0.717, 1.165) is 0 Å². The van der Waals surface area contributed by atoms with E-state index in [-0.39, 0.29) is 18.4 Å². The SMILES string of the molecule is COc1cc(/C=N\NC(=O)c2cccnc2)ccc1OCC(=O)N1CCOCC1. The Labute approximate surface area is 168 Å². The molecule has 1 aromatic carbocycles. The zero-order valence-electron chi connectivity index (χ0n) is 16.0. The third-order valence-electron chi connectivity index (χ3n) is 4.21. The summed E-state index contributed by atoms with van der Waals surface area (Å²) in [4.78, 5) is 29.7. The summed E-state index contributed by atoms with van der Waals surface area (Å²) >= 11 is 0. The number of hydrogen-bond donors (Lipinski definition) is 1. The Kier molecular flexibility index (Phi) is 7.12. The van der Waals surface area contributed by atoms with Gasteiger partial charge in [-0.3, -0.25) is 14.6 Å². The lowest BCUT2D eigenvalue weighted by atomic mass is 10.2. The van der Waals surface area contributed by atoms with Crippen molar-refractivity contribution in [3.63, 3.8) is 0 Å². The summed E-state index contributed by atoms with van der Waals surface area (Å²) in [6.45, 7) is 2.14. The number of morpholine rings is 1. The van der Waals surface area contributed by atoms with Crippen molar-refractivity contribution in [3.05, 3.63) is 53.9 Å². The summed E-state index contributed by atoms with van der Waals surface area (Å²) < 4.78 is 16.2. The van der Waals surface area contributed by atoms with Gasteiger partial charge in [-0.25, -0.2) is 5.43 Å². The first-order chi connectivity index (χ1) is 14.2. The molecule has 2 heterocycles. The molecular weight excluding hydrogens is 376 g/mol. The number of hydrogen-bond acceptors (Lipinski definition) is 7. The van der Waals surface area contributed by atoms with Crippen molar-refractivity contribution < 1.29 is 23.8 Å².